The summed E-state index contributed by atoms with van der Waals surface area (Å²) in [7, 11) is 0. The normalized spacial score (nSPS) is 18.0. The van der Waals surface area contributed by atoms with Crippen molar-refractivity contribution in [2.45, 2.75) is 170 Å². The molecule has 26 heteroatoms. The topological polar surface area (TPSA) is 440 Å². The molecule has 2 aromatic rings. The monoisotopic (exact) mass is 1120 g/mol. The lowest BCUT2D eigenvalue weighted by Crippen LogP contribution is -2.61. The molecule has 0 radical (unpaired) electrons. The van der Waals surface area contributed by atoms with E-state index < -0.39 is 126 Å². The van der Waals surface area contributed by atoms with Crippen molar-refractivity contribution in [1.82, 2.24) is 41.7 Å². The molecule has 442 valence electrons. The number of nitrogens with one attached hydrogen (secondary N) is 6. The predicted molar refractivity (Wildman–Crippen MR) is 293 cm³/mol. The van der Waals surface area contributed by atoms with Gasteiger partial charge in [-0.3, -0.25) is 43.2 Å². The highest BCUT2D eigenvalue weighted by molar-refractivity contribution is 5.99. The first-order valence-electron chi connectivity index (χ1n) is 27.5. The minimum Gasteiger partial charge on any atom is -0.508 e. The number of hydrogen-bond acceptors (Lipinski definition) is 16. The molecule has 2 fully saturated rings. The number of aliphatic hydroxyl groups is 1. The quantitative estimate of drug-likeness (QED) is 0.0313. The first-order valence-corrected chi connectivity index (χ1v) is 27.5. The number of rotatable bonds is 34. The van der Waals surface area contributed by atoms with Crippen molar-refractivity contribution in [2.75, 3.05) is 32.7 Å². The third-order valence-electron chi connectivity index (χ3n) is 14.1. The number of amides is 9. The number of benzene rings is 2. The Morgan fingerprint density at radius 2 is 0.975 bits per heavy atom. The minimum atomic E-state index is -1.62. The maximum Gasteiger partial charge on any atom is 0.326 e. The van der Waals surface area contributed by atoms with Crippen molar-refractivity contribution in [3.05, 3.63) is 65.7 Å². The van der Waals surface area contributed by atoms with Crippen LogP contribution in [0.25, 0.3) is 0 Å². The average molecular weight is 1120 g/mol. The number of nitrogens with zero attached hydrogens (tertiary/aromatic N) is 2. The number of carboxylic acids is 1. The fraction of sp³-hybridized carbons (Fsp3) is 0.593. The van der Waals surface area contributed by atoms with Crippen LogP contribution >= 0.6 is 0 Å². The molecule has 26 nitrogen and oxygen atoms in total. The van der Waals surface area contributed by atoms with E-state index in [-0.39, 0.29) is 83.4 Å². The van der Waals surface area contributed by atoms with Gasteiger partial charge < -0.3 is 85.7 Å². The Labute approximate surface area is 465 Å². The molecule has 0 spiro atoms. The number of aliphatic hydroxyl groups excluding tert-OH is 1. The van der Waals surface area contributed by atoms with Gasteiger partial charge in [0.2, 0.25) is 53.2 Å². The molecular formula is C54H83N13O13. The third kappa shape index (κ3) is 20.4. The smallest absolute Gasteiger partial charge is 0.326 e. The number of nitrogens with two attached hydrogens (primary N) is 5. The Bertz CT molecular complexity index is 2400. The first kappa shape index (κ1) is 65.3. The number of carbonyl (C=O) groups is 10. The molecule has 2 heterocycles. The highest BCUT2D eigenvalue weighted by Gasteiger charge is 2.43. The van der Waals surface area contributed by atoms with Crippen molar-refractivity contribution >= 4 is 59.1 Å². The molecule has 2 aromatic carbocycles. The van der Waals surface area contributed by atoms with E-state index in [0.29, 0.717) is 62.5 Å². The number of likely N-dealkylation sites (tertiary alicyclic amines) is 2. The van der Waals surface area contributed by atoms with Crippen LogP contribution < -0.4 is 60.6 Å². The average Bonchev–Trinajstić information content (AvgIpc) is 4.17. The molecule has 10 atom stereocenters. The number of phenols is 1. The molecule has 0 unspecified atom stereocenters. The van der Waals surface area contributed by atoms with Gasteiger partial charge in [-0.2, -0.15) is 0 Å². The summed E-state index contributed by atoms with van der Waals surface area (Å²) >= 11 is 0. The summed E-state index contributed by atoms with van der Waals surface area (Å²) in [4.78, 5) is 139. The van der Waals surface area contributed by atoms with E-state index in [4.69, 9.17) is 28.7 Å². The van der Waals surface area contributed by atoms with Crippen molar-refractivity contribution < 1.29 is 63.3 Å². The van der Waals surface area contributed by atoms with Crippen LogP contribution in [0.1, 0.15) is 108 Å². The van der Waals surface area contributed by atoms with Crippen LogP contribution in [0.3, 0.4) is 0 Å². The molecule has 0 aromatic heterocycles. The van der Waals surface area contributed by atoms with Gasteiger partial charge in [0.15, 0.2) is 0 Å². The Morgan fingerprint density at radius 3 is 1.44 bits per heavy atom. The summed E-state index contributed by atoms with van der Waals surface area (Å²) in [6.45, 7) is 2.25. The van der Waals surface area contributed by atoms with Crippen LogP contribution in [0.2, 0.25) is 0 Å². The zero-order valence-electron chi connectivity index (χ0n) is 45.5. The number of aromatic hydroxyl groups is 1. The van der Waals surface area contributed by atoms with E-state index in [1.54, 1.807) is 30.3 Å². The predicted octanol–water partition coefficient (Wildman–Crippen LogP) is -2.88. The van der Waals surface area contributed by atoms with E-state index in [0.717, 1.165) is 0 Å². The number of carboxylic acid groups (broad SMARTS) is 1. The zero-order valence-corrected chi connectivity index (χ0v) is 45.5. The molecule has 19 N–H and O–H groups in total. The zero-order chi connectivity index (χ0) is 58.9. The fourth-order valence-corrected chi connectivity index (χ4v) is 9.71. The highest BCUT2D eigenvalue weighted by Crippen LogP contribution is 2.22. The van der Waals surface area contributed by atoms with Gasteiger partial charge in [0, 0.05) is 25.9 Å². The lowest BCUT2D eigenvalue weighted by Gasteiger charge is -2.32. The van der Waals surface area contributed by atoms with E-state index >= 15 is 0 Å². The Kier molecular flexibility index (Phi) is 27.2. The largest absolute Gasteiger partial charge is 0.508 e. The van der Waals surface area contributed by atoms with Gasteiger partial charge in [0.25, 0.3) is 0 Å². The summed E-state index contributed by atoms with van der Waals surface area (Å²) in [5.74, 6) is -8.34. The molecule has 0 aliphatic carbocycles. The molecule has 2 aliphatic rings. The maximum atomic E-state index is 14.5. The van der Waals surface area contributed by atoms with Crippen molar-refractivity contribution in [3.63, 3.8) is 0 Å². The Morgan fingerprint density at radius 1 is 0.562 bits per heavy atom. The summed E-state index contributed by atoms with van der Waals surface area (Å²) in [6.07, 6.45) is 1.57. The SMILES string of the molecule is C[C@@H](O)[C@H](NC(=O)[C@H](CCCCN)NC(=O)[C@@H]1CCCN1C(=O)[C@@H](N)CC(N)=O)C(=O)N1CCC[C@H]1C(=O)N[C@@H](CCCCN)C(=O)N[C@@H](Cc1ccc(O)cc1)C(=O)N[C@@H](CCCCN)C(=O)N[C@@H](Cc1ccccc1)C(=O)O. The van der Waals surface area contributed by atoms with Crippen molar-refractivity contribution in [1.29, 1.82) is 0 Å². The van der Waals surface area contributed by atoms with E-state index in [9.17, 15) is 63.3 Å². The molecule has 9 amide bonds. The molecule has 0 bridgehead atoms. The van der Waals surface area contributed by atoms with E-state index in [1.807, 2.05) is 0 Å². The number of phenolic OH excluding ortho intramolecular Hbond substituents is 1. The number of primary amides is 1. The second-order valence-corrected chi connectivity index (χ2v) is 20.4. The fourth-order valence-electron chi connectivity index (χ4n) is 9.71. The van der Waals surface area contributed by atoms with Crippen LogP contribution in [-0.4, -0.2) is 177 Å². The molecule has 0 saturated carbocycles. The molecule has 2 saturated heterocycles. The first-order chi connectivity index (χ1) is 38.2. The summed E-state index contributed by atoms with van der Waals surface area (Å²) in [6, 6.07) is 2.76. The van der Waals surface area contributed by atoms with Gasteiger partial charge in [0.1, 0.15) is 54.1 Å². The van der Waals surface area contributed by atoms with Gasteiger partial charge in [0.05, 0.1) is 18.6 Å². The van der Waals surface area contributed by atoms with Crippen LogP contribution in [0.4, 0.5) is 0 Å². The van der Waals surface area contributed by atoms with Crippen molar-refractivity contribution in [3.8, 4) is 5.75 Å². The second-order valence-electron chi connectivity index (χ2n) is 20.4. The number of aliphatic carboxylic acids is 1. The van der Waals surface area contributed by atoms with Gasteiger partial charge in [-0.15, -0.1) is 0 Å². The summed E-state index contributed by atoms with van der Waals surface area (Å²) in [5.41, 5.74) is 29.6. The van der Waals surface area contributed by atoms with Gasteiger partial charge >= 0.3 is 5.97 Å². The molecule has 80 heavy (non-hydrogen) atoms. The Balaban J connectivity index is 1.54. The second kappa shape index (κ2) is 33.4. The molecular weight excluding hydrogens is 1040 g/mol. The molecule has 2 aliphatic heterocycles. The minimum absolute atomic E-state index is 0.0223. The summed E-state index contributed by atoms with van der Waals surface area (Å²) in [5, 5.41) is 47.0. The van der Waals surface area contributed by atoms with Gasteiger partial charge in [-0.1, -0.05) is 42.5 Å². The van der Waals surface area contributed by atoms with Crippen LogP contribution in [0.15, 0.2) is 54.6 Å². The lowest BCUT2D eigenvalue weighted by atomic mass is 10.0. The number of hydrogen-bond donors (Lipinski definition) is 14. The number of carbonyl (C=O) groups excluding carboxylic acids is 9. The summed E-state index contributed by atoms with van der Waals surface area (Å²) < 4.78 is 0. The van der Waals surface area contributed by atoms with Crippen LogP contribution in [0, 0.1) is 0 Å². The van der Waals surface area contributed by atoms with Gasteiger partial charge in [-0.05, 0) is 133 Å². The van der Waals surface area contributed by atoms with Crippen LogP contribution in [-0.2, 0) is 60.8 Å². The van der Waals surface area contributed by atoms with E-state index in [2.05, 4.69) is 31.9 Å². The molecule has 4 rings (SSSR count). The maximum absolute atomic E-state index is 14.5. The Hall–Kier alpha value is -7.26. The lowest BCUT2D eigenvalue weighted by molar-refractivity contribution is -0.145. The van der Waals surface area contributed by atoms with Crippen LogP contribution in [0.5, 0.6) is 5.75 Å². The third-order valence-corrected chi connectivity index (χ3v) is 14.1. The standard InChI is InChI=1S/C54H83N13O13/c1-32(68)45(65-48(73)39(17-7-10-26-57)62-50(75)42-18-11-27-66(42)52(77)36(58)31-44(59)70)53(78)67-28-12-19-43(67)51(76)61-38(16-6-9-25-56)46(71)63-40(29-34-20-22-35(69)23-21-34)49(74)60-37(15-5-8-24-55)47(72)64-41(54(79)80)30-33-13-3-2-4-14-33/h2-4,13-14,20-23,32,36-43,45,68-69H,5-12,15-19,24-31,55-58H2,1H3,(H2,59,70)(H,60,74)(H,61,76)(H,62,75)(H,63,71)(H,64,72)(H,65,73)(H,79,80)/t32-,36+,37+,38+,39+,40+,41+,42+,43+,45+/m1/s1. The number of unbranched alkanes of at least 4 members (excludes halogenated alkanes) is 3. The van der Waals surface area contributed by atoms with E-state index in [1.165, 1.54) is 41.0 Å². The van der Waals surface area contributed by atoms with Gasteiger partial charge in [-0.25, -0.2) is 4.79 Å². The van der Waals surface area contributed by atoms with Crippen molar-refractivity contribution in [2.24, 2.45) is 28.7 Å². The highest BCUT2D eigenvalue weighted by atomic mass is 16.4.